The Labute approximate surface area is 261 Å². The number of aliphatic hydroxyl groups excluding tert-OH is 2. The van der Waals surface area contributed by atoms with Crippen LogP contribution in [0.1, 0.15) is 26.1 Å². The van der Waals surface area contributed by atoms with Crippen molar-refractivity contribution >= 4 is 21.7 Å². The van der Waals surface area contributed by atoms with E-state index < -0.39 is 79.3 Å². The summed E-state index contributed by atoms with van der Waals surface area (Å²) in [6.45, 7) is -1.02. The number of aliphatic hydroxyl groups is 2. The van der Waals surface area contributed by atoms with E-state index in [-0.39, 0.29) is 23.4 Å². The predicted octanol–water partition coefficient (Wildman–Crippen LogP) is 4.41. The fraction of sp³-hybridized carbons (Fsp3) is 0.300. The molecule has 2 unspecified atom stereocenters. The minimum absolute atomic E-state index is 0.0323. The largest absolute Gasteiger partial charge is 0.394 e. The summed E-state index contributed by atoms with van der Waals surface area (Å²) in [6.07, 6.45) is -7.20. The van der Waals surface area contributed by atoms with Gasteiger partial charge in [0.05, 0.1) is 23.5 Å². The Morgan fingerprint density at radius 1 is 1.11 bits per heavy atom. The summed E-state index contributed by atoms with van der Waals surface area (Å²) >= 11 is 3.33. The van der Waals surface area contributed by atoms with Gasteiger partial charge in [-0.2, -0.15) is 0 Å². The lowest BCUT2D eigenvalue weighted by Crippen LogP contribution is -2.61. The first kappa shape index (κ1) is 28.0. The molecule has 1 saturated heterocycles. The molecule has 1 aliphatic heterocycles. The van der Waals surface area contributed by atoms with Gasteiger partial charge in [-0.1, -0.05) is 33.3 Å². The van der Waals surface area contributed by atoms with Crippen molar-refractivity contribution in [2.75, 3.05) is 13.6 Å². The van der Waals surface area contributed by atoms with Crippen molar-refractivity contribution in [2.24, 2.45) is 0 Å². The Kier molecular flexibility index (Phi) is 8.67. The van der Waals surface area contributed by atoms with E-state index in [1.165, 1.54) is 12.1 Å². The van der Waals surface area contributed by atoms with Gasteiger partial charge in [0.15, 0.2) is 23.2 Å². The molecule has 4 aromatic rings. The molecule has 0 spiro atoms. The van der Waals surface area contributed by atoms with Gasteiger partial charge >= 0.3 is 0 Å². The molecule has 0 amide bonds. The number of aromatic nitrogens is 3. The first-order valence-electron chi connectivity index (χ1n) is 14.6. The van der Waals surface area contributed by atoms with E-state index in [0.29, 0.717) is 17.7 Å². The molecule has 0 radical (unpaired) electrons. The Bertz CT molecular complexity index is 1690. The molecule has 0 aliphatic carbocycles. The van der Waals surface area contributed by atoms with Crippen molar-refractivity contribution in [3.8, 4) is 11.3 Å². The third kappa shape index (κ3) is 6.60. The molecular formula is C30H26BrF4N3O6. The molecule has 2 N–H and O–H groups in total. The number of methoxy groups -OCH3 is 1. The molecule has 14 heteroatoms. The number of halogens is 5. The summed E-state index contributed by atoms with van der Waals surface area (Å²) in [4.78, 5) is 13.9. The smallest absolute Gasteiger partial charge is 0.194 e. The lowest BCUT2D eigenvalue weighted by Gasteiger charge is -2.45. The van der Waals surface area contributed by atoms with Crippen LogP contribution in [0.5, 0.6) is 0 Å². The highest BCUT2D eigenvalue weighted by Crippen LogP contribution is 2.36. The first-order valence-corrected chi connectivity index (χ1v) is 13.9. The lowest BCUT2D eigenvalue weighted by molar-refractivity contribution is -0.235. The van der Waals surface area contributed by atoms with Crippen molar-refractivity contribution < 1.29 is 50.9 Å². The summed E-state index contributed by atoms with van der Waals surface area (Å²) in [5.74, 6) is -6.11. The molecule has 44 heavy (non-hydrogen) atoms. The van der Waals surface area contributed by atoms with E-state index in [9.17, 15) is 32.6 Å². The molecule has 1 aromatic heterocycles. The molecule has 1 fully saturated rings. The van der Waals surface area contributed by atoms with Gasteiger partial charge < -0.3 is 24.4 Å². The second kappa shape index (κ2) is 13.6. The standard InChI is InChI=1S/C30H26BrF4N3O6/c1-42-28-25(38-12-22(36-37-38)17-10-20(33)24(35)21(34)11-17)27(41)23(13-39)44-30(28)29(26(40)16-4-8-19(32)9-5-16)43-14-15-2-6-18(31)7-3-15/h2-12,23,25,27-30,39,41H,13-14H2,1H3/t23?,25-,27-,28?,29+,30+/m0/s1/i1D3. The molecule has 5 rings (SSSR count). The van der Waals surface area contributed by atoms with Crippen molar-refractivity contribution in [2.45, 2.75) is 43.2 Å². The van der Waals surface area contributed by atoms with Crippen LogP contribution in [-0.2, 0) is 20.8 Å². The SMILES string of the molecule is [2H]C([2H])([2H])OC1[C@H]([C@H](OCc2ccc(Br)cc2)C(=O)c2ccc(F)cc2)OC(CO)[C@H](O)[C@@H]1n1cc(-c2cc(F)c(F)c(F)c2)nn1. The van der Waals surface area contributed by atoms with E-state index in [0.717, 1.165) is 27.5 Å². The zero-order chi connectivity index (χ0) is 34.0. The Balaban J connectivity index is 1.59. The highest BCUT2D eigenvalue weighted by molar-refractivity contribution is 9.10. The highest BCUT2D eigenvalue weighted by atomic mass is 79.9. The fourth-order valence-corrected chi connectivity index (χ4v) is 5.19. The number of rotatable bonds is 10. The quantitative estimate of drug-likeness (QED) is 0.144. The van der Waals surface area contributed by atoms with Crippen LogP contribution in [0.3, 0.4) is 0 Å². The normalized spacial score (nSPS) is 23.9. The van der Waals surface area contributed by atoms with E-state index in [4.69, 9.17) is 18.3 Å². The first-order chi connectivity index (χ1) is 22.3. The van der Waals surface area contributed by atoms with Crippen LogP contribution in [0.15, 0.2) is 71.3 Å². The second-order valence-corrected chi connectivity index (χ2v) is 10.9. The Morgan fingerprint density at radius 2 is 1.80 bits per heavy atom. The third-order valence-electron chi connectivity index (χ3n) is 7.16. The third-order valence-corrected chi connectivity index (χ3v) is 7.69. The van der Waals surface area contributed by atoms with Gasteiger partial charge in [-0.15, -0.1) is 5.10 Å². The number of hydrogen-bond acceptors (Lipinski definition) is 8. The van der Waals surface area contributed by atoms with E-state index in [2.05, 4.69) is 26.2 Å². The number of nitrogens with zero attached hydrogens (tertiary/aromatic N) is 3. The van der Waals surface area contributed by atoms with Crippen LogP contribution in [-0.4, -0.2) is 75.2 Å². The molecule has 232 valence electrons. The predicted molar refractivity (Wildman–Crippen MR) is 150 cm³/mol. The van der Waals surface area contributed by atoms with Crippen LogP contribution in [0, 0.1) is 23.3 Å². The molecule has 9 nitrogen and oxygen atoms in total. The number of ether oxygens (including phenoxy) is 3. The molecule has 1 aliphatic rings. The van der Waals surface area contributed by atoms with E-state index >= 15 is 0 Å². The molecule has 6 atom stereocenters. The van der Waals surface area contributed by atoms with Crippen LogP contribution in [0.25, 0.3) is 11.3 Å². The highest BCUT2D eigenvalue weighted by Gasteiger charge is 2.51. The molecular weight excluding hydrogens is 654 g/mol. The van der Waals surface area contributed by atoms with Crippen molar-refractivity contribution in [3.05, 3.63) is 106 Å². The van der Waals surface area contributed by atoms with E-state index in [1.54, 1.807) is 24.3 Å². The second-order valence-electron chi connectivity index (χ2n) is 9.95. The van der Waals surface area contributed by atoms with Crippen LogP contribution >= 0.6 is 15.9 Å². The van der Waals surface area contributed by atoms with Gasteiger partial charge in [0, 0.05) is 22.6 Å². The number of ketones is 1. The van der Waals surface area contributed by atoms with Crippen LogP contribution in [0.4, 0.5) is 17.6 Å². The van der Waals surface area contributed by atoms with Crippen molar-refractivity contribution in [3.63, 3.8) is 0 Å². The average molecular weight is 683 g/mol. The van der Waals surface area contributed by atoms with Gasteiger partial charge in [-0.05, 0) is 54.1 Å². The molecule has 0 saturated carbocycles. The number of carbonyl (C=O) groups is 1. The van der Waals surface area contributed by atoms with Crippen LogP contribution < -0.4 is 0 Å². The van der Waals surface area contributed by atoms with E-state index in [1.807, 2.05) is 0 Å². The number of benzene rings is 3. The van der Waals surface area contributed by atoms with Gasteiger partial charge in [0.1, 0.15) is 48.1 Å². The van der Waals surface area contributed by atoms with Crippen molar-refractivity contribution in [1.82, 2.24) is 15.0 Å². The van der Waals surface area contributed by atoms with Crippen molar-refractivity contribution in [1.29, 1.82) is 0 Å². The summed E-state index contributed by atoms with van der Waals surface area (Å²) in [5.41, 5.74) is 0.135. The monoisotopic (exact) mass is 682 g/mol. The lowest BCUT2D eigenvalue weighted by atomic mass is 9.87. The minimum Gasteiger partial charge on any atom is -0.394 e. The fourth-order valence-electron chi connectivity index (χ4n) is 4.93. The number of hydrogen-bond donors (Lipinski definition) is 2. The summed E-state index contributed by atoms with van der Waals surface area (Å²) < 4.78 is 98.0. The van der Waals surface area contributed by atoms with Gasteiger partial charge in [-0.3, -0.25) is 4.79 Å². The summed E-state index contributed by atoms with van der Waals surface area (Å²) in [6, 6.07) is 11.1. The minimum atomic E-state index is -3.15. The maximum atomic E-state index is 14.0. The number of carbonyl (C=O) groups excluding carboxylic acids is 1. The summed E-state index contributed by atoms with van der Waals surface area (Å²) in [5, 5.41) is 29.2. The maximum Gasteiger partial charge on any atom is 0.194 e. The molecule has 0 bridgehead atoms. The van der Waals surface area contributed by atoms with Gasteiger partial charge in [0.25, 0.3) is 0 Å². The molecule has 2 heterocycles. The zero-order valence-corrected chi connectivity index (χ0v) is 24.1. The Hall–Kier alpha value is -3.53. The average Bonchev–Trinajstić information content (AvgIpc) is 3.51. The summed E-state index contributed by atoms with van der Waals surface area (Å²) in [7, 11) is -3.15. The topological polar surface area (TPSA) is 116 Å². The maximum absolute atomic E-state index is 14.0. The molecule has 3 aromatic carbocycles. The zero-order valence-electron chi connectivity index (χ0n) is 25.5. The van der Waals surface area contributed by atoms with Gasteiger partial charge in [-0.25, -0.2) is 22.2 Å². The van der Waals surface area contributed by atoms with Gasteiger partial charge in [0.2, 0.25) is 0 Å². The Morgan fingerprint density at radius 3 is 2.43 bits per heavy atom. The number of Topliss-reactive ketones (excluding diaryl/α,β-unsaturated/α-hetero) is 1. The van der Waals surface area contributed by atoms with Crippen LogP contribution in [0.2, 0.25) is 0 Å².